The first-order valence-electron chi connectivity index (χ1n) is 14.3. The number of rotatable bonds is 12. The van der Waals surface area contributed by atoms with Crippen molar-refractivity contribution in [3.8, 4) is 0 Å². The molecule has 1 aromatic carbocycles. The normalized spacial score (nSPS) is 27.8. The number of hydrogen-bond donors (Lipinski definition) is 0. The van der Waals surface area contributed by atoms with Crippen molar-refractivity contribution in [1.29, 1.82) is 0 Å². The number of unbranched alkanes of at least 4 members (excludes halogenated alkanes) is 5. The van der Waals surface area contributed by atoms with Crippen LogP contribution in [-0.2, 0) is 0 Å². The van der Waals surface area contributed by atoms with Crippen LogP contribution in [0, 0.1) is 17.8 Å². The van der Waals surface area contributed by atoms with Gasteiger partial charge in [0.15, 0.2) is 0 Å². The predicted octanol–water partition coefficient (Wildman–Crippen LogP) is 10.4. The Hall–Kier alpha value is -0.780. The standard InChI is InChI=1S/C31H52/c1-4-6-7-8-9-10-11-26-12-16-28(17-13-26)30-20-22-31(23-21-30)29-18-14-27(15-19-29)24-25(3)5-2/h20-23,25-29H,4-19,24H2,1-3H3/t25?,26-,27-,28-,29-. The molecule has 2 saturated carbocycles. The van der Waals surface area contributed by atoms with Gasteiger partial charge in [-0.1, -0.05) is 96.4 Å². The third-order valence-electron chi connectivity index (χ3n) is 8.97. The van der Waals surface area contributed by atoms with E-state index in [0.717, 1.165) is 29.6 Å². The van der Waals surface area contributed by atoms with Crippen LogP contribution in [0.5, 0.6) is 0 Å². The topological polar surface area (TPSA) is 0 Å². The van der Waals surface area contributed by atoms with E-state index in [-0.39, 0.29) is 0 Å². The summed E-state index contributed by atoms with van der Waals surface area (Å²) in [7, 11) is 0. The molecule has 3 rings (SSSR count). The molecule has 1 atom stereocenters. The predicted molar refractivity (Wildman–Crippen MR) is 138 cm³/mol. The monoisotopic (exact) mass is 424 g/mol. The molecule has 0 saturated heterocycles. The fraction of sp³-hybridized carbons (Fsp3) is 0.806. The molecular weight excluding hydrogens is 372 g/mol. The minimum atomic E-state index is 0.829. The smallest absolute Gasteiger partial charge is 0.0162 e. The molecule has 0 aliphatic heterocycles. The summed E-state index contributed by atoms with van der Waals surface area (Å²) >= 11 is 0. The van der Waals surface area contributed by atoms with E-state index in [1.54, 1.807) is 11.1 Å². The molecular formula is C31H52. The van der Waals surface area contributed by atoms with Crippen molar-refractivity contribution in [2.75, 3.05) is 0 Å². The molecule has 1 unspecified atom stereocenters. The molecule has 0 aromatic heterocycles. The molecule has 0 nitrogen and oxygen atoms in total. The highest BCUT2D eigenvalue weighted by molar-refractivity contribution is 5.28. The Balaban J connectivity index is 1.35. The van der Waals surface area contributed by atoms with E-state index in [2.05, 4.69) is 45.0 Å². The lowest BCUT2D eigenvalue weighted by molar-refractivity contribution is 0.273. The lowest BCUT2D eigenvalue weighted by atomic mass is 9.74. The molecule has 0 heterocycles. The van der Waals surface area contributed by atoms with Gasteiger partial charge >= 0.3 is 0 Å². The zero-order valence-electron chi connectivity index (χ0n) is 21.2. The van der Waals surface area contributed by atoms with Gasteiger partial charge in [0.1, 0.15) is 0 Å². The molecule has 176 valence electrons. The average molecular weight is 425 g/mol. The van der Waals surface area contributed by atoms with E-state index in [4.69, 9.17) is 0 Å². The molecule has 0 radical (unpaired) electrons. The summed E-state index contributed by atoms with van der Waals surface area (Å²) in [4.78, 5) is 0. The first kappa shape index (κ1) is 24.9. The maximum atomic E-state index is 2.50. The van der Waals surface area contributed by atoms with Gasteiger partial charge in [-0.25, -0.2) is 0 Å². The molecule has 0 N–H and O–H groups in total. The highest BCUT2D eigenvalue weighted by Crippen LogP contribution is 2.41. The van der Waals surface area contributed by atoms with Gasteiger partial charge in [-0.05, 0) is 98.5 Å². The van der Waals surface area contributed by atoms with Crippen LogP contribution in [0.25, 0.3) is 0 Å². The molecule has 31 heavy (non-hydrogen) atoms. The Kier molecular flexibility index (Phi) is 11.0. The van der Waals surface area contributed by atoms with Crippen molar-refractivity contribution in [2.45, 2.75) is 142 Å². The van der Waals surface area contributed by atoms with Crippen LogP contribution in [0.3, 0.4) is 0 Å². The van der Waals surface area contributed by atoms with Crippen molar-refractivity contribution >= 4 is 0 Å². The molecule has 0 amide bonds. The first-order valence-corrected chi connectivity index (χ1v) is 14.3. The van der Waals surface area contributed by atoms with Gasteiger partial charge in [0, 0.05) is 0 Å². The fourth-order valence-electron chi connectivity index (χ4n) is 6.51. The highest BCUT2D eigenvalue weighted by atomic mass is 14.3. The summed E-state index contributed by atoms with van der Waals surface area (Å²) in [6, 6.07) is 9.99. The lowest BCUT2D eigenvalue weighted by Gasteiger charge is -2.31. The van der Waals surface area contributed by atoms with Crippen LogP contribution in [0.1, 0.15) is 153 Å². The van der Waals surface area contributed by atoms with Crippen LogP contribution in [-0.4, -0.2) is 0 Å². The number of benzene rings is 1. The van der Waals surface area contributed by atoms with E-state index in [1.807, 2.05) is 0 Å². The SMILES string of the molecule is CCCCCCCC[C@H]1CC[C@H](c2ccc([C@H]3CC[C@H](CC(C)CC)CC3)cc2)CC1. The fourth-order valence-corrected chi connectivity index (χ4v) is 6.51. The minimum Gasteiger partial charge on any atom is -0.0654 e. The van der Waals surface area contributed by atoms with Crippen molar-refractivity contribution in [3.05, 3.63) is 35.4 Å². The highest BCUT2D eigenvalue weighted by Gasteiger charge is 2.25. The first-order chi connectivity index (χ1) is 15.2. The van der Waals surface area contributed by atoms with E-state index >= 15 is 0 Å². The van der Waals surface area contributed by atoms with Crippen LogP contribution >= 0.6 is 0 Å². The molecule has 0 spiro atoms. The maximum absolute atomic E-state index is 2.50. The maximum Gasteiger partial charge on any atom is -0.0162 e. The van der Waals surface area contributed by atoms with Gasteiger partial charge in [-0.2, -0.15) is 0 Å². The summed E-state index contributed by atoms with van der Waals surface area (Å²) < 4.78 is 0. The van der Waals surface area contributed by atoms with Gasteiger partial charge in [-0.15, -0.1) is 0 Å². The molecule has 2 aliphatic carbocycles. The minimum absolute atomic E-state index is 0.829. The van der Waals surface area contributed by atoms with Crippen LogP contribution in [0.2, 0.25) is 0 Å². The van der Waals surface area contributed by atoms with E-state index in [1.165, 1.54) is 109 Å². The molecule has 2 fully saturated rings. The van der Waals surface area contributed by atoms with Crippen molar-refractivity contribution in [3.63, 3.8) is 0 Å². The Morgan fingerprint density at radius 1 is 0.645 bits per heavy atom. The molecule has 1 aromatic rings. The third kappa shape index (κ3) is 8.25. The Morgan fingerprint density at radius 2 is 1.13 bits per heavy atom. The Labute approximate surface area is 195 Å². The second-order valence-electron chi connectivity index (χ2n) is 11.4. The van der Waals surface area contributed by atoms with Crippen LogP contribution < -0.4 is 0 Å². The van der Waals surface area contributed by atoms with Gasteiger partial charge in [0.2, 0.25) is 0 Å². The Morgan fingerprint density at radius 3 is 1.65 bits per heavy atom. The zero-order valence-corrected chi connectivity index (χ0v) is 21.2. The summed E-state index contributed by atoms with van der Waals surface area (Å²) in [5.74, 6) is 4.60. The molecule has 2 aliphatic rings. The van der Waals surface area contributed by atoms with Crippen LogP contribution in [0.15, 0.2) is 24.3 Å². The van der Waals surface area contributed by atoms with Crippen molar-refractivity contribution < 1.29 is 0 Å². The summed E-state index contributed by atoms with van der Waals surface area (Å²) in [5, 5.41) is 0. The summed E-state index contributed by atoms with van der Waals surface area (Å²) in [5.41, 5.74) is 3.26. The van der Waals surface area contributed by atoms with Crippen LogP contribution in [0.4, 0.5) is 0 Å². The van der Waals surface area contributed by atoms with Crippen molar-refractivity contribution in [2.24, 2.45) is 17.8 Å². The van der Waals surface area contributed by atoms with E-state index < -0.39 is 0 Å². The van der Waals surface area contributed by atoms with E-state index in [0.29, 0.717) is 0 Å². The second-order valence-corrected chi connectivity index (χ2v) is 11.4. The average Bonchev–Trinajstić information content (AvgIpc) is 2.82. The van der Waals surface area contributed by atoms with Gasteiger partial charge < -0.3 is 0 Å². The molecule has 0 bridgehead atoms. The summed E-state index contributed by atoms with van der Waals surface area (Å²) in [6.45, 7) is 7.10. The Bertz CT molecular complexity index is 569. The van der Waals surface area contributed by atoms with E-state index in [9.17, 15) is 0 Å². The molecule has 0 heteroatoms. The van der Waals surface area contributed by atoms with Gasteiger partial charge in [-0.3, -0.25) is 0 Å². The second kappa shape index (κ2) is 13.7. The lowest BCUT2D eigenvalue weighted by Crippen LogP contribution is -2.16. The zero-order chi connectivity index (χ0) is 21.9. The quantitative estimate of drug-likeness (QED) is 0.293. The van der Waals surface area contributed by atoms with Gasteiger partial charge in [0.05, 0.1) is 0 Å². The third-order valence-corrected chi connectivity index (χ3v) is 8.97. The van der Waals surface area contributed by atoms with Crippen molar-refractivity contribution in [1.82, 2.24) is 0 Å². The summed E-state index contributed by atoms with van der Waals surface area (Å²) in [6.07, 6.45) is 24.6. The van der Waals surface area contributed by atoms with Gasteiger partial charge in [0.25, 0.3) is 0 Å². The number of hydrogen-bond acceptors (Lipinski definition) is 0. The largest absolute Gasteiger partial charge is 0.0654 e.